The highest BCUT2D eigenvalue weighted by molar-refractivity contribution is 7.17. The van der Waals surface area contributed by atoms with Gasteiger partial charge in [-0.2, -0.15) is 0 Å². The van der Waals surface area contributed by atoms with Crippen LogP contribution in [0.4, 0.5) is 0 Å². The molecular weight excluding hydrogens is 220 g/mol. The summed E-state index contributed by atoms with van der Waals surface area (Å²) in [6.07, 6.45) is 0. The third-order valence-corrected chi connectivity index (χ3v) is 2.73. The minimum atomic E-state index is -0.392. The van der Waals surface area contributed by atoms with Gasteiger partial charge in [-0.3, -0.25) is 4.79 Å². The first kappa shape index (κ1) is 11.5. The van der Waals surface area contributed by atoms with Gasteiger partial charge in [-0.15, -0.1) is 11.3 Å². The molecule has 1 heterocycles. The van der Waals surface area contributed by atoms with Crippen LogP contribution >= 0.6 is 22.9 Å². The van der Waals surface area contributed by atoms with Crippen molar-refractivity contribution in [3.05, 3.63) is 21.3 Å². The summed E-state index contributed by atoms with van der Waals surface area (Å²) in [7, 11) is 0. The maximum absolute atomic E-state index is 11.5. The molecule has 0 aromatic carbocycles. The molecule has 0 fully saturated rings. The molecule has 0 aliphatic carbocycles. The van der Waals surface area contributed by atoms with E-state index in [2.05, 4.69) is 5.32 Å². The summed E-state index contributed by atoms with van der Waals surface area (Å²) in [5.41, 5.74) is 5.34. The lowest BCUT2D eigenvalue weighted by atomic mass is 10.1. The molecule has 0 saturated heterocycles. The van der Waals surface area contributed by atoms with Gasteiger partial charge >= 0.3 is 0 Å². The van der Waals surface area contributed by atoms with Gasteiger partial charge in [0, 0.05) is 12.1 Å². The minimum absolute atomic E-state index is 0.125. The molecule has 3 nitrogen and oxygen atoms in total. The van der Waals surface area contributed by atoms with Crippen LogP contribution in [0.5, 0.6) is 0 Å². The van der Waals surface area contributed by atoms with E-state index in [1.807, 2.05) is 13.8 Å². The molecule has 78 valence electrons. The van der Waals surface area contributed by atoms with Gasteiger partial charge in [-0.25, -0.2) is 0 Å². The number of carbonyl (C=O) groups is 1. The van der Waals surface area contributed by atoms with Crippen LogP contribution in [0, 0.1) is 0 Å². The Bertz CT molecular complexity index is 330. The van der Waals surface area contributed by atoms with Crippen molar-refractivity contribution < 1.29 is 4.79 Å². The normalized spacial score (nSPS) is 11.4. The first-order chi connectivity index (χ1) is 6.38. The first-order valence-electron chi connectivity index (χ1n) is 4.21. The summed E-state index contributed by atoms with van der Waals surface area (Å²) >= 11 is 6.97. The van der Waals surface area contributed by atoms with Crippen molar-refractivity contribution in [2.75, 3.05) is 6.54 Å². The van der Waals surface area contributed by atoms with Crippen molar-refractivity contribution in [1.82, 2.24) is 5.32 Å². The van der Waals surface area contributed by atoms with E-state index in [0.717, 1.165) is 0 Å². The minimum Gasteiger partial charge on any atom is -0.350 e. The molecule has 1 amide bonds. The lowest BCUT2D eigenvalue weighted by Crippen LogP contribution is -2.44. The van der Waals surface area contributed by atoms with E-state index in [0.29, 0.717) is 15.8 Å². The van der Waals surface area contributed by atoms with Crippen LogP contribution in [-0.4, -0.2) is 18.0 Å². The zero-order valence-corrected chi connectivity index (χ0v) is 9.71. The Morgan fingerprint density at radius 3 is 2.71 bits per heavy atom. The van der Waals surface area contributed by atoms with Crippen molar-refractivity contribution >= 4 is 28.8 Å². The zero-order chi connectivity index (χ0) is 10.8. The Hall–Kier alpha value is -0.580. The van der Waals surface area contributed by atoms with E-state index in [1.165, 1.54) is 11.3 Å². The number of carbonyl (C=O) groups excluding carboxylic acids is 1. The van der Waals surface area contributed by atoms with E-state index < -0.39 is 5.54 Å². The Kier molecular flexibility index (Phi) is 3.53. The van der Waals surface area contributed by atoms with E-state index in [4.69, 9.17) is 17.3 Å². The molecule has 14 heavy (non-hydrogen) atoms. The van der Waals surface area contributed by atoms with Crippen LogP contribution in [0.3, 0.4) is 0 Å². The fourth-order valence-electron chi connectivity index (χ4n) is 0.832. The molecule has 1 aromatic rings. The summed E-state index contributed by atoms with van der Waals surface area (Å²) < 4.78 is 0.613. The molecule has 1 rings (SSSR count). The molecule has 0 spiro atoms. The summed E-state index contributed by atoms with van der Waals surface area (Å²) in [6.45, 7) is 4.16. The van der Waals surface area contributed by atoms with Crippen molar-refractivity contribution in [1.29, 1.82) is 0 Å². The Morgan fingerprint density at radius 1 is 1.64 bits per heavy atom. The largest absolute Gasteiger partial charge is 0.350 e. The maximum Gasteiger partial charge on any atom is 0.261 e. The van der Waals surface area contributed by atoms with Crippen molar-refractivity contribution in [3.63, 3.8) is 0 Å². The van der Waals surface area contributed by atoms with Crippen LogP contribution in [0.2, 0.25) is 4.34 Å². The second-order valence-electron chi connectivity index (χ2n) is 3.78. The van der Waals surface area contributed by atoms with Crippen LogP contribution in [0.15, 0.2) is 12.1 Å². The summed E-state index contributed by atoms with van der Waals surface area (Å²) in [5.74, 6) is -0.125. The lowest BCUT2D eigenvalue weighted by Gasteiger charge is -2.18. The molecule has 0 atom stereocenters. The monoisotopic (exact) mass is 232 g/mol. The highest BCUT2D eigenvalue weighted by Crippen LogP contribution is 2.21. The van der Waals surface area contributed by atoms with Gasteiger partial charge in [0.2, 0.25) is 0 Å². The molecule has 0 radical (unpaired) electrons. The zero-order valence-electron chi connectivity index (χ0n) is 8.13. The second-order valence-corrected chi connectivity index (χ2v) is 5.49. The predicted octanol–water partition coefficient (Wildman–Crippen LogP) is 1.87. The lowest BCUT2D eigenvalue weighted by molar-refractivity contribution is 0.0950. The fourth-order valence-corrected chi connectivity index (χ4v) is 1.79. The van der Waals surface area contributed by atoms with Crippen LogP contribution < -0.4 is 11.1 Å². The average molecular weight is 233 g/mol. The molecule has 5 heteroatoms. The van der Waals surface area contributed by atoms with Gasteiger partial charge in [-0.1, -0.05) is 11.6 Å². The number of halogens is 1. The highest BCUT2D eigenvalue weighted by Gasteiger charge is 2.14. The summed E-state index contributed by atoms with van der Waals surface area (Å²) in [4.78, 5) is 12.1. The van der Waals surface area contributed by atoms with Gasteiger partial charge in [0.15, 0.2) is 0 Å². The van der Waals surface area contributed by atoms with Crippen LogP contribution in [0.25, 0.3) is 0 Å². The van der Waals surface area contributed by atoms with E-state index >= 15 is 0 Å². The number of thiophene rings is 1. The SMILES string of the molecule is CC(C)(N)CNC(=O)c1ccc(Cl)s1. The Balaban J connectivity index is 2.52. The van der Waals surface area contributed by atoms with Gasteiger partial charge in [0.1, 0.15) is 0 Å². The van der Waals surface area contributed by atoms with Gasteiger partial charge in [-0.05, 0) is 26.0 Å². The van der Waals surface area contributed by atoms with E-state index in [-0.39, 0.29) is 5.91 Å². The molecular formula is C9H13ClN2OS. The number of amides is 1. The number of hydrogen-bond donors (Lipinski definition) is 2. The van der Waals surface area contributed by atoms with Crippen LogP contribution in [-0.2, 0) is 0 Å². The third-order valence-electron chi connectivity index (χ3n) is 1.50. The molecule has 0 aliphatic rings. The smallest absolute Gasteiger partial charge is 0.261 e. The maximum atomic E-state index is 11.5. The molecule has 0 saturated carbocycles. The molecule has 0 bridgehead atoms. The number of hydrogen-bond acceptors (Lipinski definition) is 3. The topological polar surface area (TPSA) is 55.1 Å². The quantitative estimate of drug-likeness (QED) is 0.836. The number of rotatable bonds is 3. The molecule has 0 unspecified atom stereocenters. The Labute approximate surface area is 92.3 Å². The van der Waals surface area contributed by atoms with Crippen molar-refractivity contribution in [3.8, 4) is 0 Å². The van der Waals surface area contributed by atoms with Gasteiger partial charge < -0.3 is 11.1 Å². The number of nitrogens with one attached hydrogen (secondary N) is 1. The average Bonchev–Trinajstić information content (AvgIpc) is 2.46. The number of nitrogens with two attached hydrogens (primary N) is 1. The molecule has 3 N–H and O–H groups in total. The summed E-state index contributed by atoms with van der Waals surface area (Å²) in [6, 6.07) is 3.40. The Morgan fingerprint density at radius 2 is 2.29 bits per heavy atom. The molecule has 0 aliphatic heterocycles. The van der Waals surface area contributed by atoms with Crippen LogP contribution in [0.1, 0.15) is 23.5 Å². The standard InChI is InChI=1S/C9H13ClN2OS/c1-9(2,11)5-12-8(13)6-3-4-7(10)14-6/h3-4H,5,11H2,1-2H3,(H,12,13). The van der Waals surface area contributed by atoms with E-state index in [1.54, 1.807) is 12.1 Å². The fraction of sp³-hybridized carbons (Fsp3) is 0.444. The predicted molar refractivity (Wildman–Crippen MR) is 59.9 cm³/mol. The third kappa shape index (κ3) is 3.65. The van der Waals surface area contributed by atoms with Crippen molar-refractivity contribution in [2.45, 2.75) is 19.4 Å². The second kappa shape index (κ2) is 4.29. The van der Waals surface area contributed by atoms with Crippen molar-refractivity contribution in [2.24, 2.45) is 5.73 Å². The van der Waals surface area contributed by atoms with E-state index in [9.17, 15) is 4.79 Å². The molecule has 1 aromatic heterocycles. The highest BCUT2D eigenvalue weighted by atomic mass is 35.5. The first-order valence-corrected chi connectivity index (χ1v) is 5.40. The van der Waals surface area contributed by atoms with Gasteiger partial charge in [0.25, 0.3) is 5.91 Å². The summed E-state index contributed by atoms with van der Waals surface area (Å²) in [5, 5.41) is 2.74. The van der Waals surface area contributed by atoms with Gasteiger partial charge in [0.05, 0.1) is 9.21 Å².